The van der Waals surface area contributed by atoms with Crippen LogP contribution in [0.1, 0.15) is 30.4 Å². The number of carboxylic acid groups (broad SMARTS) is 1. The molecule has 0 radical (unpaired) electrons. The van der Waals surface area contributed by atoms with Crippen molar-refractivity contribution in [2.45, 2.75) is 56.3 Å². The minimum absolute atomic E-state index is 0.0572. The molecule has 0 saturated heterocycles. The van der Waals surface area contributed by atoms with Crippen molar-refractivity contribution in [3.63, 3.8) is 0 Å². The molecule has 0 fully saturated rings. The Morgan fingerprint density at radius 1 is 0.750 bits per heavy atom. The lowest BCUT2D eigenvalue weighted by Crippen LogP contribution is -2.57. The quantitative estimate of drug-likeness (QED) is 0.157. The van der Waals surface area contributed by atoms with Gasteiger partial charge in [-0.2, -0.15) is 11.8 Å². The third kappa shape index (κ3) is 11.5. The number of aliphatic carboxylic acids is 1. The van der Waals surface area contributed by atoms with Crippen molar-refractivity contribution in [1.29, 1.82) is 0 Å². The van der Waals surface area contributed by atoms with Crippen LogP contribution in [0.15, 0.2) is 60.7 Å². The van der Waals surface area contributed by atoms with E-state index in [4.69, 9.17) is 11.5 Å². The lowest BCUT2D eigenvalue weighted by Gasteiger charge is -2.25. The summed E-state index contributed by atoms with van der Waals surface area (Å²) in [6, 6.07) is 13.5. The van der Waals surface area contributed by atoms with E-state index >= 15 is 0 Å². The number of amides is 4. The van der Waals surface area contributed by atoms with Gasteiger partial charge < -0.3 is 32.5 Å². The third-order valence-corrected chi connectivity index (χ3v) is 6.73. The van der Waals surface area contributed by atoms with Crippen molar-refractivity contribution in [2.75, 3.05) is 12.0 Å². The van der Waals surface area contributed by atoms with Gasteiger partial charge in [-0.05, 0) is 42.4 Å². The standard InChI is InChI=1S/C28H37N5O6S/c1-40-15-14-22(27(37)33-23(28(38)39)17-19-10-6-3-7-11-19)32-26(36)21(12-13-24(30)34)31-25(35)20(29)16-18-8-4-2-5-9-18/h2-11,20-23H,12-17,29H2,1H3,(H2,30,34)(H,31,35)(H,32,36)(H,33,37)(H,38,39). The van der Waals surface area contributed by atoms with E-state index in [2.05, 4.69) is 16.0 Å². The molecule has 0 bridgehead atoms. The zero-order valence-electron chi connectivity index (χ0n) is 22.4. The molecule has 12 heteroatoms. The summed E-state index contributed by atoms with van der Waals surface area (Å²) >= 11 is 1.45. The number of carbonyl (C=O) groups is 5. The van der Waals surface area contributed by atoms with Crippen LogP contribution in [0.5, 0.6) is 0 Å². The highest BCUT2D eigenvalue weighted by Crippen LogP contribution is 2.08. The van der Waals surface area contributed by atoms with Gasteiger partial charge in [0.15, 0.2) is 0 Å². The molecule has 11 nitrogen and oxygen atoms in total. The van der Waals surface area contributed by atoms with Gasteiger partial charge in [0.25, 0.3) is 0 Å². The molecule has 4 unspecified atom stereocenters. The molecule has 0 aliphatic heterocycles. The molecule has 0 aliphatic carbocycles. The summed E-state index contributed by atoms with van der Waals surface area (Å²) < 4.78 is 0. The second-order valence-electron chi connectivity index (χ2n) is 9.29. The number of nitrogens with two attached hydrogens (primary N) is 2. The number of primary amides is 1. The zero-order chi connectivity index (χ0) is 29.5. The van der Waals surface area contributed by atoms with Gasteiger partial charge in [-0.25, -0.2) is 4.79 Å². The van der Waals surface area contributed by atoms with Gasteiger partial charge in [0.1, 0.15) is 18.1 Å². The lowest BCUT2D eigenvalue weighted by molar-refractivity contribution is -0.142. The second-order valence-corrected chi connectivity index (χ2v) is 10.3. The van der Waals surface area contributed by atoms with Crippen LogP contribution in [0.4, 0.5) is 0 Å². The Balaban J connectivity index is 2.13. The Kier molecular flexibility index (Phi) is 13.7. The van der Waals surface area contributed by atoms with Crippen LogP contribution in [0.3, 0.4) is 0 Å². The summed E-state index contributed by atoms with van der Waals surface area (Å²) in [5.74, 6) is -3.38. The average Bonchev–Trinajstić information content (AvgIpc) is 2.93. The smallest absolute Gasteiger partial charge is 0.326 e. The molecule has 8 N–H and O–H groups in total. The lowest BCUT2D eigenvalue weighted by atomic mass is 10.0. The number of hydrogen-bond donors (Lipinski definition) is 6. The van der Waals surface area contributed by atoms with Crippen LogP contribution in [-0.4, -0.2) is 70.9 Å². The van der Waals surface area contributed by atoms with E-state index in [1.807, 2.05) is 36.6 Å². The first-order valence-electron chi connectivity index (χ1n) is 12.8. The summed E-state index contributed by atoms with van der Waals surface area (Å²) in [5, 5.41) is 17.4. The molecule has 0 spiro atoms. The van der Waals surface area contributed by atoms with Crippen molar-refractivity contribution in [1.82, 2.24) is 16.0 Å². The maximum Gasteiger partial charge on any atom is 0.326 e. The van der Waals surface area contributed by atoms with Crippen LogP contribution in [0.2, 0.25) is 0 Å². The fourth-order valence-corrected chi connectivity index (χ4v) is 4.37. The van der Waals surface area contributed by atoms with Crippen LogP contribution >= 0.6 is 11.8 Å². The molecule has 0 heterocycles. The summed E-state index contributed by atoms with van der Waals surface area (Å²) in [4.78, 5) is 62.5. The Morgan fingerprint density at radius 2 is 1.23 bits per heavy atom. The molecule has 2 aromatic rings. The van der Waals surface area contributed by atoms with E-state index in [0.29, 0.717) is 5.75 Å². The molecule has 2 aromatic carbocycles. The number of benzene rings is 2. The number of nitrogens with one attached hydrogen (secondary N) is 3. The fourth-order valence-electron chi connectivity index (χ4n) is 3.89. The van der Waals surface area contributed by atoms with E-state index in [1.54, 1.807) is 30.3 Å². The van der Waals surface area contributed by atoms with Gasteiger partial charge in [-0.1, -0.05) is 60.7 Å². The van der Waals surface area contributed by atoms with E-state index < -0.39 is 53.8 Å². The molecule has 0 aliphatic rings. The summed E-state index contributed by atoms with van der Waals surface area (Å²) in [6.07, 6.45) is 2.03. The van der Waals surface area contributed by atoms with Crippen molar-refractivity contribution >= 4 is 41.4 Å². The monoisotopic (exact) mass is 571 g/mol. The maximum absolute atomic E-state index is 13.2. The Morgan fingerprint density at radius 3 is 1.73 bits per heavy atom. The van der Waals surface area contributed by atoms with Crippen molar-refractivity contribution in [3.8, 4) is 0 Å². The highest BCUT2D eigenvalue weighted by atomic mass is 32.2. The third-order valence-electron chi connectivity index (χ3n) is 6.09. The molecule has 4 atom stereocenters. The SMILES string of the molecule is CSCCC(NC(=O)C(CCC(N)=O)NC(=O)C(N)Cc1ccccc1)C(=O)NC(Cc1ccccc1)C(=O)O. The summed E-state index contributed by atoms with van der Waals surface area (Å²) in [5.41, 5.74) is 12.9. The first-order chi connectivity index (χ1) is 19.1. The number of thioether (sulfide) groups is 1. The Bertz CT molecular complexity index is 1130. The fraction of sp³-hybridized carbons (Fsp3) is 0.393. The normalized spacial score (nSPS) is 13.8. The molecular weight excluding hydrogens is 534 g/mol. The molecular formula is C28H37N5O6S. The van der Waals surface area contributed by atoms with Crippen LogP contribution < -0.4 is 27.4 Å². The maximum atomic E-state index is 13.2. The Labute approximate surface area is 237 Å². The molecule has 2 rings (SSSR count). The van der Waals surface area contributed by atoms with Gasteiger partial charge in [0.05, 0.1) is 6.04 Å². The van der Waals surface area contributed by atoms with Gasteiger partial charge in [-0.15, -0.1) is 0 Å². The molecule has 0 aromatic heterocycles. The second kappa shape index (κ2) is 16.9. The number of rotatable bonds is 17. The number of hydrogen-bond acceptors (Lipinski definition) is 7. The highest BCUT2D eigenvalue weighted by Gasteiger charge is 2.30. The average molecular weight is 572 g/mol. The first-order valence-corrected chi connectivity index (χ1v) is 14.2. The molecule has 4 amide bonds. The topological polar surface area (TPSA) is 194 Å². The van der Waals surface area contributed by atoms with Gasteiger partial charge in [-0.3, -0.25) is 19.2 Å². The minimum Gasteiger partial charge on any atom is -0.480 e. The summed E-state index contributed by atoms with van der Waals surface area (Å²) in [6.45, 7) is 0. The number of carboxylic acids is 1. The van der Waals surface area contributed by atoms with Crippen LogP contribution in [-0.2, 0) is 36.8 Å². The zero-order valence-corrected chi connectivity index (χ0v) is 23.2. The van der Waals surface area contributed by atoms with Gasteiger partial charge in [0.2, 0.25) is 23.6 Å². The minimum atomic E-state index is -1.22. The van der Waals surface area contributed by atoms with Crippen molar-refractivity contribution in [2.24, 2.45) is 11.5 Å². The predicted octanol–water partition coefficient (Wildman–Crippen LogP) is 0.357. The van der Waals surface area contributed by atoms with Crippen molar-refractivity contribution in [3.05, 3.63) is 71.8 Å². The van der Waals surface area contributed by atoms with Crippen LogP contribution in [0.25, 0.3) is 0 Å². The Hall–Kier alpha value is -3.90. The van der Waals surface area contributed by atoms with E-state index in [9.17, 15) is 29.1 Å². The summed E-state index contributed by atoms with van der Waals surface area (Å²) in [7, 11) is 0. The number of carbonyl (C=O) groups excluding carboxylic acids is 4. The van der Waals surface area contributed by atoms with Gasteiger partial charge in [0, 0.05) is 12.8 Å². The van der Waals surface area contributed by atoms with E-state index in [0.717, 1.165) is 11.1 Å². The predicted molar refractivity (Wildman–Crippen MR) is 153 cm³/mol. The van der Waals surface area contributed by atoms with E-state index in [-0.39, 0.29) is 32.1 Å². The van der Waals surface area contributed by atoms with E-state index in [1.165, 1.54) is 11.8 Å². The van der Waals surface area contributed by atoms with Crippen molar-refractivity contribution < 1.29 is 29.1 Å². The highest BCUT2D eigenvalue weighted by molar-refractivity contribution is 7.98. The molecule has 0 saturated carbocycles. The largest absolute Gasteiger partial charge is 0.480 e. The first kappa shape index (κ1) is 32.3. The van der Waals surface area contributed by atoms with Crippen LogP contribution in [0, 0.1) is 0 Å². The molecule has 40 heavy (non-hydrogen) atoms. The molecule has 216 valence electrons. The van der Waals surface area contributed by atoms with Gasteiger partial charge >= 0.3 is 5.97 Å².